The molecule has 3 heterocycles. The Morgan fingerprint density at radius 3 is 2.78 bits per heavy atom. The molecule has 1 spiro atoms. The van der Waals surface area contributed by atoms with Crippen LogP contribution >= 0.6 is 0 Å². The highest BCUT2D eigenvalue weighted by molar-refractivity contribution is 5.91. The summed E-state index contributed by atoms with van der Waals surface area (Å²) in [6.45, 7) is 4.57. The predicted octanol–water partition coefficient (Wildman–Crippen LogP) is 3.47. The van der Waals surface area contributed by atoms with E-state index in [0.29, 0.717) is 18.4 Å². The number of hydrogen-bond acceptors (Lipinski definition) is 4. The molecule has 3 aliphatic heterocycles. The zero-order valence-electron chi connectivity index (χ0n) is 16.0. The van der Waals surface area contributed by atoms with Crippen LogP contribution in [0.5, 0.6) is 0 Å². The second kappa shape index (κ2) is 7.10. The van der Waals surface area contributed by atoms with Crippen molar-refractivity contribution in [3.8, 4) is 0 Å². The maximum Gasteiger partial charge on any atom is 0.224 e. The van der Waals surface area contributed by atoms with Crippen molar-refractivity contribution < 1.29 is 14.3 Å². The monoisotopic (exact) mass is 370 g/mol. The molecule has 5 heteroatoms. The first-order valence-electron chi connectivity index (χ1n) is 10.6. The lowest BCUT2D eigenvalue weighted by atomic mass is 9.76. The van der Waals surface area contributed by atoms with Crippen molar-refractivity contribution in [3.63, 3.8) is 0 Å². The molecule has 1 N–H and O–H groups in total. The molecular weight excluding hydrogens is 340 g/mol. The fourth-order valence-corrected chi connectivity index (χ4v) is 5.03. The van der Waals surface area contributed by atoms with Crippen molar-refractivity contribution in [2.45, 2.75) is 56.5 Å². The Bertz CT molecular complexity index is 704. The van der Waals surface area contributed by atoms with Gasteiger partial charge in [-0.05, 0) is 68.2 Å². The van der Waals surface area contributed by atoms with Gasteiger partial charge in [0.1, 0.15) is 0 Å². The van der Waals surface area contributed by atoms with Crippen LogP contribution in [0.15, 0.2) is 18.2 Å². The van der Waals surface area contributed by atoms with E-state index in [0.717, 1.165) is 57.9 Å². The number of carbonyl (C=O) groups is 1. The number of carbonyl (C=O) groups excluding carboxylic acids is 1. The highest BCUT2D eigenvalue weighted by Gasteiger charge is 2.44. The molecule has 0 radical (unpaired) electrons. The second-order valence-corrected chi connectivity index (χ2v) is 8.84. The summed E-state index contributed by atoms with van der Waals surface area (Å²) in [4.78, 5) is 14.8. The van der Waals surface area contributed by atoms with Gasteiger partial charge in [-0.1, -0.05) is 0 Å². The van der Waals surface area contributed by atoms with Crippen LogP contribution in [0.3, 0.4) is 0 Å². The average Bonchev–Trinajstić information content (AvgIpc) is 3.24. The van der Waals surface area contributed by atoms with E-state index in [-0.39, 0.29) is 11.3 Å². The molecule has 3 fully saturated rings. The molecule has 1 unspecified atom stereocenters. The molecule has 0 bridgehead atoms. The summed E-state index contributed by atoms with van der Waals surface area (Å²) in [5, 5.41) is 3.14. The fraction of sp³-hybridized carbons (Fsp3) is 0.682. The molecule has 1 aromatic carbocycles. The number of nitrogens with zero attached hydrogens (tertiary/aromatic N) is 1. The molecule has 1 aliphatic carbocycles. The van der Waals surface area contributed by atoms with Crippen LogP contribution in [-0.2, 0) is 19.7 Å². The molecule has 146 valence electrons. The number of benzene rings is 1. The first-order chi connectivity index (χ1) is 13.2. The van der Waals surface area contributed by atoms with Gasteiger partial charge in [-0.25, -0.2) is 0 Å². The Morgan fingerprint density at radius 2 is 2.04 bits per heavy atom. The van der Waals surface area contributed by atoms with E-state index in [9.17, 15) is 4.79 Å². The summed E-state index contributed by atoms with van der Waals surface area (Å²) in [6.07, 6.45) is 7.89. The summed E-state index contributed by atoms with van der Waals surface area (Å²) < 4.78 is 11.6. The molecule has 27 heavy (non-hydrogen) atoms. The average molecular weight is 370 g/mol. The number of nitrogens with one attached hydrogen (secondary N) is 1. The van der Waals surface area contributed by atoms with E-state index in [1.807, 2.05) is 0 Å². The van der Waals surface area contributed by atoms with Crippen molar-refractivity contribution in [2.24, 2.45) is 5.92 Å². The van der Waals surface area contributed by atoms with E-state index in [4.69, 9.17) is 9.47 Å². The topological polar surface area (TPSA) is 50.8 Å². The summed E-state index contributed by atoms with van der Waals surface area (Å²) in [5.74, 6) is 0.774. The third kappa shape index (κ3) is 3.59. The maximum atomic E-state index is 12.3. The van der Waals surface area contributed by atoms with Gasteiger partial charge in [0, 0.05) is 56.1 Å². The number of hydrogen-bond donors (Lipinski definition) is 1. The minimum absolute atomic E-state index is 0.156. The van der Waals surface area contributed by atoms with Crippen LogP contribution < -0.4 is 10.2 Å². The largest absolute Gasteiger partial charge is 0.381 e. The van der Waals surface area contributed by atoms with Gasteiger partial charge < -0.3 is 19.7 Å². The Morgan fingerprint density at radius 1 is 1.19 bits per heavy atom. The maximum absolute atomic E-state index is 12.3. The van der Waals surface area contributed by atoms with Gasteiger partial charge >= 0.3 is 0 Å². The van der Waals surface area contributed by atoms with Crippen molar-refractivity contribution in [1.29, 1.82) is 0 Å². The van der Waals surface area contributed by atoms with Crippen molar-refractivity contribution in [3.05, 3.63) is 23.8 Å². The third-order valence-corrected chi connectivity index (χ3v) is 6.75. The molecule has 1 saturated carbocycles. The molecule has 4 aliphatic rings. The van der Waals surface area contributed by atoms with Crippen LogP contribution in [0.25, 0.3) is 0 Å². The molecular formula is C22H30N2O3. The Balaban J connectivity index is 1.39. The standard InChI is InChI=1S/C22H30N2O3/c25-21(12-16-3-4-16)23-17-5-6-20-19(13-17)22(7-10-26-11-8-22)15-24(20)14-18-2-1-9-27-18/h5-6,13,16,18H,1-4,7-12,14-15H2,(H,23,25). The third-order valence-electron chi connectivity index (χ3n) is 6.75. The van der Waals surface area contributed by atoms with Gasteiger partial charge in [-0.2, -0.15) is 0 Å². The lowest BCUT2D eigenvalue weighted by Gasteiger charge is -2.35. The summed E-state index contributed by atoms with van der Waals surface area (Å²) in [7, 11) is 0. The molecule has 1 atom stereocenters. The lowest BCUT2D eigenvalue weighted by Crippen LogP contribution is -2.40. The zero-order valence-corrected chi connectivity index (χ0v) is 16.0. The van der Waals surface area contributed by atoms with Gasteiger partial charge in [0.25, 0.3) is 0 Å². The normalized spacial score (nSPS) is 26.4. The van der Waals surface area contributed by atoms with Gasteiger partial charge in [0.2, 0.25) is 5.91 Å². The Kier molecular flexibility index (Phi) is 4.60. The second-order valence-electron chi connectivity index (χ2n) is 8.84. The number of fused-ring (bicyclic) bond motifs is 2. The predicted molar refractivity (Wildman–Crippen MR) is 105 cm³/mol. The molecule has 1 amide bonds. The SMILES string of the molecule is O=C(CC1CC1)Nc1ccc2c(c1)C1(CCOCC1)CN2CC1CCCO1. The first kappa shape index (κ1) is 17.5. The smallest absolute Gasteiger partial charge is 0.224 e. The molecule has 0 aromatic heterocycles. The summed E-state index contributed by atoms with van der Waals surface area (Å²) in [5.41, 5.74) is 3.83. The quantitative estimate of drug-likeness (QED) is 0.862. The minimum atomic E-state index is 0.156. The molecule has 5 rings (SSSR count). The van der Waals surface area contributed by atoms with Crippen molar-refractivity contribution >= 4 is 17.3 Å². The van der Waals surface area contributed by atoms with Crippen LogP contribution in [-0.4, -0.2) is 44.9 Å². The van der Waals surface area contributed by atoms with Gasteiger partial charge in [-0.3, -0.25) is 4.79 Å². The first-order valence-corrected chi connectivity index (χ1v) is 10.6. The minimum Gasteiger partial charge on any atom is -0.381 e. The Hall–Kier alpha value is -1.59. The van der Waals surface area contributed by atoms with Crippen LogP contribution in [0.2, 0.25) is 0 Å². The lowest BCUT2D eigenvalue weighted by molar-refractivity contribution is -0.116. The number of amides is 1. The molecule has 2 saturated heterocycles. The highest BCUT2D eigenvalue weighted by Crippen LogP contribution is 2.48. The van der Waals surface area contributed by atoms with E-state index in [1.54, 1.807) is 0 Å². The summed E-state index contributed by atoms with van der Waals surface area (Å²) >= 11 is 0. The fourth-order valence-electron chi connectivity index (χ4n) is 5.03. The van der Waals surface area contributed by atoms with E-state index < -0.39 is 0 Å². The van der Waals surface area contributed by atoms with Crippen LogP contribution in [0, 0.1) is 5.92 Å². The highest BCUT2D eigenvalue weighted by atomic mass is 16.5. The van der Waals surface area contributed by atoms with Crippen LogP contribution in [0.1, 0.15) is 50.5 Å². The van der Waals surface area contributed by atoms with E-state index in [2.05, 4.69) is 28.4 Å². The molecule has 1 aromatic rings. The van der Waals surface area contributed by atoms with Crippen molar-refractivity contribution in [2.75, 3.05) is 43.1 Å². The van der Waals surface area contributed by atoms with E-state index >= 15 is 0 Å². The number of rotatable bonds is 5. The van der Waals surface area contributed by atoms with Crippen LogP contribution in [0.4, 0.5) is 11.4 Å². The number of anilines is 2. The zero-order chi connectivity index (χ0) is 18.3. The Labute approximate surface area is 161 Å². The van der Waals surface area contributed by atoms with Gasteiger partial charge in [0.05, 0.1) is 6.10 Å². The number of ether oxygens (including phenoxy) is 2. The van der Waals surface area contributed by atoms with E-state index in [1.165, 1.54) is 30.5 Å². The summed E-state index contributed by atoms with van der Waals surface area (Å²) in [6, 6.07) is 6.52. The van der Waals surface area contributed by atoms with Gasteiger partial charge in [0.15, 0.2) is 0 Å². The van der Waals surface area contributed by atoms with Gasteiger partial charge in [-0.15, -0.1) is 0 Å². The van der Waals surface area contributed by atoms with Crippen molar-refractivity contribution in [1.82, 2.24) is 0 Å². The molecule has 5 nitrogen and oxygen atoms in total.